The molecule has 2 fully saturated rings. The number of aryl methyl sites for hydroxylation is 2. The van der Waals surface area contributed by atoms with E-state index in [1.165, 1.54) is 5.56 Å². The Morgan fingerprint density at radius 1 is 1.04 bits per heavy atom. The van der Waals surface area contributed by atoms with Crippen LogP contribution in [-0.4, -0.2) is 48.2 Å². The molecule has 0 saturated carbocycles. The van der Waals surface area contributed by atoms with E-state index in [-0.39, 0.29) is 17.8 Å². The van der Waals surface area contributed by atoms with Crippen LogP contribution in [0.3, 0.4) is 0 Å². The van der Waals surface area contributed by atoms with Gasteiger partial charge in [0.15, 0.2) is 0 Å². The van der Waals surface area contributed by atoms with Crippen molar-refractivity contribution in [3.63, 3.8) is 0 Å². The lowest BCUT2D eigenvalue weighted by molar-refractivity contribution is 0.115. The molecule has 0 bridgehead atoms. The molecule has 2 aromatic rings. The van der Waals surface area contributed by atoms with Crippen molar-refractivity contribution < 1.29 is 13.9 Å². The van der Waals surface area contributed by atoms with E-state index < -0.39 is 0 Å². The van der Waals surface area contributed by atoms with Crippen LogP contribution in [-0.2, 0) is 11.3 Å². The number of nitrogens with zero attached hydrogens (tertiary/aromatic N) is 2. The second-order valence-corrected chi connectivity index (χ2v) is 7.34. The largest absolute Gasteiger partial charge is 0.448 e. The number of amides is 1. The molecule has 6 heteroatoms. The summed E-state index contributed by atoms with van der Waals surface area (Å²) in [6.45, 7) is 7.83. The minimum atomic E-state index is -0.301. The first-order chi connectivity index (χ1) is 12.5. The highest BCUT2D eigenvalue weighted by atomic mass is 16.6. The highest BCUT2D eigenvalue weighted by Crippen LogP contribution is 2.25. The molecule has 0 aliphatic carbocycles. The molecule has 138 valence electrons. The van der Waals surface area contributed by atoms with Crippen molar-refractivity contribution >= 4 is 17.1 Å². The summed E-state index contributed by atoms with van der Waals surface area (Å²) in [5.41, 5.74) is 3.68. The molecule has 4 rings (SSSR count). The van der Waals surface area contributed by atoms with Crippen molar-refractivity contribution in [2.45, 2.75) is 39.3 Å². The lowest BCUT2D eigenvalue weighted by Crippen LogP contribution is -2.45. The number of fused-ring (bicyclic) bond motifs is 1. The third-order valence-electron chi connectivity index (χ3n) is 5.63. The Balaban J connectivity index is 1.50. The predicted molar refractivity (Wildman–Crippen MR) is 98.3 cm³/mol. The SMILES string of the molecule is Cc1cc2oc(=O)cc(CN3CCC(N4CCOC4=O)CC3)c2cc1C. The molecule has 1 aromatic carbocycles. The summed E-state index contributed by atoms with van der Waals surface area (Å²) in [5, 5.41) is 1.01. The van der Waals surface area contributed by atoms with Crippen LogP contribution in [0.25, 0.3) is 11.0 Å². The molecule has 1 amide bonds. The highest BCUT2D eigenvalue weighted by Gasteiger charge is 2.32. The Hall–Kier alpha value is -2.34. The van der Waals surface area contributed by atoms with Gasteiger partial charge in [0.25, 0.3) is 0 Å². The van der Waals surface area contributed by atoms with E-state index in [0.717, 1.165) is 49.0 Å². The van der Waals surface area contributed by atoms with Crippen LogP contribution in [0.1, 0.15) is 29.5 Å². The van der Waals surface area contributed by atoms with Gasteiger partial charge in [-0.1, -0.05) is 0 Å². The average molecular weight is 356 g/mol. The van der Waals surface area contributed by atoms with E-state index in [2.05, 4.69) is 17.9 Å². The molecule has 0 unspecified atom stereocenters. The van der Waals surface area contributed by atoms with Crippen LogP contribution in [0.15, 0.2) is 27.4 Å². The maximum absolute atomic E-state index is 12.0. The van der Waals surface area contributed by atoms with E-state index in [1.54, 1.807) is 6.07 Å². The van der Waals surface area contributed by atoms with Gasteiger partial charge in [-0.25, -0.2) is 9.59 Å². The summed E-state index contributed by atoms with van der Waals surface area (Å²) in [4.78, 5) is 27.9. The number of carbonyl (C=O) groups is 1. The molecule has 1 aromatic heterocycles. The Morgan fingerprint density at radius 3 is 2.46 bits per heavy atom. The molecule has 3 heterocycles. The second-order valence-electron chi connectivity index (χ2n) is 7.34. The van der Waals surface area contributed by atoms with Gasteiger partial charge in [0.1, 0.15) is 12.2 Å². The topological polar surface area (TPSA) is 63.0 Å². The number of cyclic esters (lactones) is 1. The monoisotopic (exact) mass is 356 g/mol. The zero-order valence-corrected chi connectivity index (χ0v) is 15.3. The molecule has 0 radical (unpaired) electrons. The third kappa shape index (κ3) is 3.21. The van der Waals surface area contributed by atoms with Crippen molar-refractivity contribution in [1.82, 2.24) is 9.80 Å². The fourth-order valence-electron chi connectivity index (χ4n) is 3.98. The van der Waals surface area contributed by atoms with Crippen LogP contribution < -0.4 is 5.63 Å². The van der Waals surface area contributed by atoms with E-state index in [0.29, 0.717) is 18.7 Å². The predicted octanol–water partition coefficient (Wildman–Crippen LogP) is 2.83. The van der Waals surface area contributed by atoms with Gasteiger partial charge in [0.2, 0.25) is 0 Å². The smallest absolute Gasteiger partial charge is 0.410 e. The molecule has 26 heavy (non-hydrogen) atoms. The molecular formula is C20H24N2O4. The second kappa shape index (κ2) is 6.76. The molecule has 0 N–H and O–H groups in total. The van der Waals surface area contributed by atoms with Crippen LogP contribution >= 0.6 is 0 Å². The zero-order valence-electron chi connectivity index (χ0n) is 15.3. The Labute approximate surface area is 152 Å². The summed E-state index contributed by atoms with van der Waals surface area (Å²) >= 11 is 0. The molecule has 0 spiro atoms. The Morgan fingerprint density at radius 2 is 1.77 bits per heavy atom. The van der Waals surface area contributed by atoms with Crippen molar-refractivity contribution in [3.05, 3.63) is 45.3 Å². The van der Waals surface area contributed by atoms with Gasteiger partial charge in [0, 0.05) is 37.1 Å². The normalized spacial score (nSPS) is 19.3. The van der Waals surface area contributed by atoms with Crippen molar-refractivity contribution in [2.75, 3.05) is 26.2 Å². The zero-order chi connectivity index (χ0) is 18.3. The van der Waals surface area contributed by atoms with Gasteiger partial charge >= 0.3 is 11.7 Å². The maximum Gasteiger partial charge on any atom is 0.410 e. The minimum absolute atomic E-state index is 0.180. The van der Waals surface area contributed by atoms with Crippen LogP contribution in [0.4, 0.5) is 4.79 Å². The Kier molecular flexibility index (Phi) is 4.44. The molecule has 2 aliphatic rings. The molecule has 2 saturated heterocycles. The summed E-state index contributed by atoms with van der Waals surface area (Å²) in [5.74, 6) is 0. The number of hydrogen-bond acceptors (Lipinski definition) is 5. The van der Waals surface area contributed by atoms with Crippen molar-refractivity contribution in [2.24, 2.45) is 0 Å². The minimum Gasteiger partial charge on any atom is -0.448 e. The first-order valence-corrected chi connectivity index (χ1v) is 9.21. The number of carbonyl (C=O) groups excluding carboxylic acids is 1. The van der Waals surface area contributed by atoms with Crippen LogP contribution in [0.5, 0.6) is 0 Å². The number of hydrogen-bond donors (Lipinski definition) is 0. The van der Waals surface area contributed by atoms with Crippen LogP contribution in [0.2, 0.25) is 0 Å². The first-order valence-electron chi connectivity index (χ1n) is 9.21. The van der Waals surface area contributed by atoms with Gasteiger partial charge in [-0.3, -0.25) is 4.90 Å². The number of rotatable bonds is 3. The number of ether oxygens (including phenoxy) is 1. The number of benzene rings is 1. The number of piperidine rings is 1. The first kappa shape index (κ1) is 17.1. The van der Waals surface area contributed by atoms with Gasteiger partial charge in [-0.15, -0.1) is 0 Å². The van der Waals surface area contributed by atoms with E-state index in [4.69, 9.17) is 9.15 Å². The third-order valence-corrected chi connectivity index (χ3v) is 5.63. The molecule has 2 aliphatic heterocycles. The van der Waals surface area contributed by atoms with E-state index >= 15 is 0 Å². The highest BCUT2D eigenvalue weighted by molar-refractivity contribution is 5.81. The summed E-state index contributed by atoms with van der Waals surface area (Å²) < 4.78 is 10.4. The van der Waals surface area contributed by atoms with E-state index in [9.17, 15) is 9.59 Å². The lowest BCUT2D eigenvalue weighted by atomic mass is 10.0. The van der Waals surface area contributed by atoms with Crippen LogP contribution in [0, 0.1) is 13.8 Å². The maximum atomic E-state index is 12.0. The summed E-state index contributed by atoms with van der Waals surface area (Å²) in [6, 6.07) is 5.93. The van der Waals surface area contributed by atoms with Gasteiger partial charge in [-0.2, -0.15) is 0 Å². The van der Waals surface area contributed by atoms with Crippen molar-refractivity contribution in [1.29, 1.82) is 0 Å². The number of likely N-dealkylation sites (tertiary alicyclic amines) is 1. The van der Waals surface area contributed by atoms with E-state index in [1.807, 2.05) is 17.9 Å². The van der Waals surface area contributed by atoms with Gasteiger partial charge in [0.05, 0.1) is 6.54 Å². The van der Waals surface area contributed by atoms with Crippen molar-refractivity contribution in [3.8, 4) is 0 Å². The molecule has 6 nitrogen and oxygen atoms in total. The molecular weight excluding hydrogens is 332 g/mol. The average Bonchev–Trinajstić information content (AvgIpc) is 3.03. The summed E-state index contributed by atoms with van der Waals surface area (Å²) in [7, 11) is 0. The Bertz CT molecular complexity index is 897. The molecule has 0 atom stereocenters. The van der Waals surface area contributed by atoms with Gasteiger partial charge in [-0.05, 0) is 55.5 Å². The standard InChI is InChI=1S/C20H24N2O4/c1-13-9-17-15(11-19(23)26-18(17)10-14(13)2)12-21-5-3-16(4-6-21)22-7-8-25-20(22)24/h9-11,16H,3-8,12H2,1-2H3. The quantitative estimate of drug-likeness (QED) is 0.792. The summed E-state index contributed by atoms with van der Waals surface area (Å²) in [6.07, 6.45) is 1.69. The van der Waals surface area contributed by atoms with Gasteiger partial charge < -0.3 is 14.1 Å². The fraction of sp³-hybridized carbons (Fsp3) is 0.500. The lowest BCUT2D eigenvalue weighted by Gasteiger charge is -2.35. The fourth-order valence-corrected chi connectivity index (χ4v) is 3.98.